The molecule has 0 spiro atoms. The molecule has 0 unspecified atom stereocenters. The molecular formula is C17H11ClN2O4S. The Hall–Kier alpha value is -2.64. The number of esters is 1. The molecule has 25 heavy (non-hydrogen) atoms. The van der Waals surface area contributed by atoms with Gasteiger partial charge in [-0.2, -0.15) is 0 Å². The first kappa shape index (κ1) is 15.9. The Morgan fingerprint density at radius 1 is 1.40 bits per heavy atom. The van der Waals surface area contributed by atoms with E-state index in [1.54, 1.807) is 36.7 Å². The highest BCUT2D eigenvalue weighted by Crippen LogP contribution is 2.28. The Bertz CT molecular complexity index is 1170. The number of aromatic nitrogens is 2. The van der Waals surface area contributed by atoms with Gasteiger partial charge in [-0.3, -0.25) is 9.20 Å². The van der Waals surface area contributed by atoms with Crippen molar-refractivity contribution >= 4 is 44.8 Å². The summed E-state index contributed by atoms with van der Waals surface area (Å²) in [6, 6.07) is 6.47. The quantitative estimate of drug-likeness (QED) is 0.509. The summed E-state index contributed by atoms with van der Waals surface area (Å²) < 4.78 is 12.3. The van der Waals surface area contributed by atoms with Gasteiger partial charge in [0.25, 0.3) is 5.56 Å². The fourth-order valence-corrected chi connectivity index (χ4v) is 3.47. The number of rotatable bonds is 3. The molecular weight excluding hydrogens is 364 g/mol. The predicted octanol–water partition coefficient (Wildman–Crippen LogP) is 3.82. The number of hydrogen-bond donors (Lipinski definition) is 0. The van der Waals surface area contributed by atoms with Crippen molar-refractivity contribution in [3.63, 3.8) is 0 Å². The Kier molecular flexibility index (Phi) is 3.82. The molecule has 0 saturated carbocycles. The zero-order valence-electron chi connectivity index (χ0n) is 13.0. The Morgan fingerprint density at radius 2 is 2.24 bits per heavy atom. The standard InChI is InChI=1S/C17H11ClN2O4S/c1-9-12-6-10(18)2-3-13(12)24-15(9)16(22)23-8-11-7-14(21)20-4-5-25-17(20)19-11/h2-7H,8H2,1H3. The highest BCUT2D eigenvalue weighted by atomic mass is 35.5. The van der Waals surface area contributed by atoms with Crippen LogP contribution >= 0.6 is 22.9 Å². The van der Waals surface area contributed by atoms with E-state index in [0.717, 1.165) is 5.39 Å². The number of furan rings is 1. The van der Waals surface area contributed by atoms with E-state index in [2.05, 4.69) is 4.98 Å². The molecule has 0 N–H and O–H groups in total. The summed E-state index contributed by atoms with van der Waals surface area (Å²) in [6.07, 6.45) is 1.65. The van der Waals surface area contributed by atoms with E-state index in [1.165, 1.54) is 21.8 Å². The zero-order valence-corrected chi connectivity index (χ0v) is 14.6. The second kappa shape index (κ2) is 6.02. The lowest BCUT2D eigenvalue weighted by atomic mass is 10.1. The van der Waals surface area contributed by atoms with Crippen LogP contribution in [0.15, 0.2) is 45.1 Å². The smallest absolute Gasteiger partial charge is 0.374 e. The van der Waals surface area contributed by atoms with Crippen LogP contribution in [0.4, 0.5) is 0 Å². The number of carbonyl (C=O) groups is 1. The maximum atomic E-state index is 12.3. The second-order valence-corrected chi connectivity index (χ2v) is 6.72. The van der Waals surface area contributed by atoms with Gasteiger partial charge in [0.15, 0.2) is 4.96 Å². The largest absolute Gasteiger partial charge is 0.453 e. The van der Waals surface area contributed by atoms with E-state index in [9.17, 15) is 9.59 Å². The minimum absolute atomic E-state index is 0.111. The van der Waals surface area contributed by atoms with Crippen molar-refractivity contribution in [2.45, 2.75) is 13.5 Å². The SMILES string of the molecule is Cc1c(C(=O)OCc2cc(=O)n3ccsc3n2)oc2ccc(Cl)cc12. The highest BCUT2D eigenvalue weighted by molar-refractivity contribution is 7.15. The number of nitrogens with zero attached hydrogens (tertiary/aromatic N) is 2. The summed E-state index contributed by atoms with van der Waals surface area (Å²) >= 11 is 7.31. The molecule has 0 aliphatic carbocycles. The molecule has 0 saturated heterocycles. The third kappa shape index (κ3) is 2.81. The number of aryl methyl sites for hydroxylation is 1. The zero-order chi connectivity index (χ0) is 17.6. The van der Waals surface area contributed by atoms with Crippen LogP contribution in [0.1, 0.15) is 21.8 Å². The molecule has 4 aromatic rings. The Labute approximate surface area is 150 Å². The van der Waals surface area contributed by atoms with Crippen LogP contribution in [0, 0.1) is 6.92 Å². The number of fused-ring (bicyclic) bond motifs is 2. The molecule has 0 radical (unpaired) electrons. The van der Waals surface area contributed by atoms with E-state index in [1.807, 2.05) is 0 Å². The molecule has 1 aromatic carbocycles. The summed E-state index contributed by atoms with van der Waals surface area (Å²) in [7, 11) is 0. The molecule has 0 fully saturated rings. The summed E-state index contributed by atoms with van der Waals surface area (Å²) in [5.41, 5.74) is 1.39. The molecule has 4 rings (SSSR count). The summed E-state index contributed by atoms with van der Waals surface area (Å²) in [4.78, 5) is 29.1. The van der Waals surface area contributed by atoms with Crippen LogP contribution in [-0.2, 0) is 11.3 Å². The third-order valence-corrected chi connectivity index (χ3v) is 4.78. The maximum absolute atomic E-state index is 12.3. The molecule has 126 valence electrons. The number of carbonyl (C=O) groups excluding carboxylic acids is 1. The van der Waals surface area contributed by atoms with Crippen molar-refractivity contribution < 1.29 is 13.9 Å². The number of thiazole rings is 1. The third-order valence-electron chi connectivity index (χ3n) is 3.79. The molecule has 0 bridgehead atoms. The van der Waals surface area contributed by atoms with Crippen molar-refractivity contribution in [3.8, 4) is 0 Å². The fourth-order valence-electron chi connectivity index (χ4n) is 2.55. The summed E-state index contributed by atoms with van der Waals surface area (Å²) in [5, 5.41) is 3.09. The van der Waals surface area contributed by atoms with Crippen molar-refractivity contribution in [1.29, 1.82) is 0 Å². The van der Waals surface area contributed by atoms with Crippen LogP contribution in [0.2, 0.25) is 5.02 Å². The van der Waals surface area contributed by atoms with Gasteiger partial charge in [-0.05, 0) is 25.1 Å². The Balaban J connectivity index is 1.59. The van der Waals surface area contributed by atoms with E-state index in [0.29, 0.717) is 26.8 Å². The van der Waals surface area contributed by atoms with E-state index in [-0.39, 0.29) is 17.9 Å². The average molecular weight is 375 g/mol. The second-order valence-electron chi connectivity index (χ2n) is 5.41. The average Bonchev–Trinajstić information content (AvgIpc) is 3.18. The molecule has 0 atom stereocenters. The lowest BCUT2D eigenvalue weighted by Gasteiger charge is -2.03. The highest BCUT2D eigenvalue weighted by Gasteiger charge is 2.19. The van der Waals surface area contributed by atoms with Crippen molar-refractivity contribution in [1.82, 2.24) is 9.38 Å². The van der Waals surface area contributed by atoms with Crippen molar-refractivity contribution in [2.75, 3.05) is 0 Å². The number of ether oxygens (including phenoxy) is 1. The van der Waals surface area contributed by atoms with Gasteiger partial charge in [-0.1, -0.05) is 11.6 Å². The predicted molar refractivity (Wildman–Crippen MR) is 94.4 cm³/mol. The van der Waals surface area contributed by atoms with Crippen LogP contribution in [0.25, 0.3) is 15.9 Å². The minimum Gasteiger partial charge on any atom is -0.453 e. The monoisotopic (exact) mass is 374 g/mol. The van der Waals surface area contributed by atoms with Gasteiger partial charge in [0, 0.05) is 33.6 Å². The fraction of sp³-hybridized carbons (Fsp3) is 0.118. The lowest BCUT2D eigenvalue weighted by Crippen LogP contribution is -2.14. The first-order valence-electron chi connectivity index (χ1n) is 7.34. The molecule has 0 amide bonds. The van der Waals surface area contributed by atoms with Crippen molar-refractivity contribution in [2.24, 2.45) is 0 Å². The van der Waals surface area contributed by atoms with Gasteiger partial charge in [0.1, 0.15) is 12.2 Å². The molecule has 0 aliphatic heterocycles. The van der Waals surface area contributed by atoms with Crippen LogP contribution in [0.3, 0.4) is 0 Å². The Morgan fingerprint density at radius 3 is 3.08 bits per heavy atom. The van der Waals surface area contributed by atoms with Crippen molar-refractivity contribution in [3.05, 3.63) is 68.2 Å². The summed E-state index contributed by atoms with van der Waals surface area (Å²) in [6.45, 7) is 1.65. The van der Waals surface area contributed by atoms with Crippen LogP contribution in [0.5, 0.6) is 0 Å². The van der Waals surface area contributed by atoms with Crippen LogP contribution in [-0.4, -0.2) is 15.4 Å². The first-order valence-corrected chi connectivity index (χ1v) is 8.60. The lowest BCUT2D eigenvalue weighted by molar-refractivity contribution is 0.0432. The first-order chi connectivity index (χ1) is 12.0. The van der Waals surface area contributed by atoms with E-state index >= 15 is 0 Å². The molecule has 6 nitrogen and oxygen atoms in total. The van der Waals surface area contributed by atoms with Gasteiger partial charge in [0.05, 0.1) is 5.69 Å². The topological polar surface area (TPSA) is 73.8 Å². The van der Waals surface area contributed by atoms with Gasteiger partial charge in [0.2, 0.25) is 5.76 Å². The van der Waals surface area contributed by atoms with Crippen LogP contribution < -0.4 is 5.56 Å². The van der Waals surface area contributed by atoms with E-state index in [4.69, 9.17) is 20.8 Å². The summed E-state index contributed by atoms with van der Waals surface area (Å²) in [5.74, 6) is -0.496. The number of hydrogen-bond acceptors (Lipinski definition) is 6. The normalized spacial score (nSPS) is 11.3. The van der Waals surface area contributed by atoms with Gasteiger partial charge in [-0.25, -0.2) is 9.78 Å². The van der Waals surface area contributed by atoms with Gasteiger partial charge >= 0.3 is 5.97 Å². The number of halogens is 1. The molecule has 3 aromatic heterocycles. The maximum Gasteiger partial charge on any atom is 0.374 e. The molecule has 3 heterocycles. The van der Waals surface area contributed by atoms with E-state index < -0.39 is 5.97 Å². The number of benzene rings is 1. The molecule has 8 heteroatoms. The van der Waals surface area contributed by atoms with Gasteiger partial charge in [-0.15, -0.1) is 11.3 Å². The van der Waals surface area contributed by atoms with Gasteiger partial charge < -0.3 is 9.15 Å². The minimum atomic E-state index is -0.613. The molecule has 0 aliphatic rings.